The SMILES string of the molecule is CCc1ccc(N2C(=O)/C(=C/c3cc(OC)c(OCC(=O)Nc4ccc(F)cc4)cc3Br)C(=O)NC2=S)cc1. The first-order valence-corrected chi connectivity index (χ1v) is 13.0. The van der Waals surface area contributed by atoms with Crippen molar-refractivity contribution in [2.45, 2.75) is 13.3 Å². The minimum atomic E-state index is -0.630. The van der Waals surface area contributed by atoms with E-state index in [4.69, 9.17) is 21.7 Å². The van der Waals surface area contributed by atoms with Crippen LogP contribution >= 0.6 is 28.1 Å². The number of carbonyl (C=O) groups is 3. The van der Waals surface area contributed by atoms with Gasteiger partial charge in [0, 0.05) is 10.2 Å². The number of anilines is 2. The Bertz CT molecular complexity index is 1480. The third-order valence-electron chi connectivity index (χ3n) is 5.77. The van der Waals surface area contributed by atoms with Crippen molar-refractivity contribution < 1.29 is 28.2 Å². The molecule has 1 saturated heterocycles. The van der Waals surface area contributed by atoms with Gasteiger partial charge in [-0.1, -0.05) is 35.0 Å². The molecule has 8 nitrogen and oxygen atoms in total. The van der Waals surface area contributed by atoms with E-state index in [-0.39, 0.29) is 28.8 Å². The zero-order valence-electron chi connectivity index (χ0n) is 20.9. The highest BCUT2D eigenvalue weighted by atomic mass is 79.9. The predicted molar refractivity (Wildman–Crippen MR) is 153 cm³/mol. The van der Waals surface area contributed by atoms with Gasteiger partial charge < -0.3 is 14.8 Å². The van der Waals surface area contributed by atoms with Gasteiger partial charge in [0.15, 0.2) is 23.2 Å². The van der Waals surface area contributed by atoms with Crippen molar-refractivity contribution in [1.29, 1.82) is 0 Å². The average molecular weight is 612 g/mol. The second kappa shape index (κ2) is 12.2. The van der Waals surface area contributed by atoms with Gasteiger partial charge in [-0.25, -0.2) is 4.39 Å². The normalized spacial score (nSPS) is 14.3. The Hall–Kier alpha value is -4.09. The topological polar surface area (TPSA) is 97.0 Å². The van der Waals surface area contributed by atoms with Crippen LogP contribution in [0.15, 0.2) is 70.7 Å². The van der Waals surface area contributed by atoms with Crippen LogP contribution in [0.4, 0.5) is 15.8 Å². The van der Waals surface area contributed by atoms with E-state index in [0.29, 0.717) is 21.4 Å². The Kier molecular flexibility index (Phi) is 8.72. The molecule has 1 aliphatic heterocycles. The lowest BCUT2D eigenvalue weighted by Gasteiger charge is -2.29. The third kappa shape index (κ3) is 6.50. The maximum absolute atomic E-state index is 13.4. The zero-order chi connectivity index (χ0) is 28.1. The Balaban J connectivity index is 1.55. The molecule has 0 unspecified atom stereocenters. The average Bonchev–Trinajstić information content (AvgIpc) is 2.92. The highest BCUT2D eigenvalue weighted by Crippen LogP contribution is 2.35. The number of nitrogens with one attached hydrogen (secondary N) is 2. The molecule has 11 heteroatoms. The lowest BCUT2D eigenvalue weighted by Crippen LogP contribution is -2.54. The molecule has 3 amide bonds. The minimum absolute atomic E-state index is 0.00861. The van der Waals surface area contributed by atoms with Crippen molar-refractivity contribution in [2.75, 3.05) is 23.9 Å². The van der Waals surface area contributed by atoms with Crippen molar-refractivity contribution in [3.05, 3.63) is 87.7 Å². The van der Waals surface area contributed by atoms with Crippen LogP contribution in [0, 0.1) is 5.82 Å². The molecule has 3 aromatic carbocycles. The summed E-state index contributed by atoms with van der Waals surface area (Å²) in [5.74, 6) is -1.56. The fourth-order valence-electron chi connectivity index (χ4n) is 3.74. The monoisotopic (exact) mass is 611 g/mol. The van der Waals surface area contributed by atoms with Crippen LogP contribution in [0.25, 0.3) is 6.08 Å². The molecule has 3 aromatic rings. The van der Waals surface area contributed by atoms with Crippen LogP contribution in [0.2, 0.25) is 0 Å². The van der Waals surface area contributed by atoms with Crippen molar-refractivity contribution in [3.8, 4) is 11.5 Å². The molecule has 39 heavy (non-hydrogen) atoms. The second-order valence-corrected chi connectivity index (χ2v) is 9.59. The number of amides is 3. The summed E-state index contributed by atoms with van der Waals surface area (Å²) in [6, 6.07) is 15.8. The summed E-state index contributed by atoms with van der Waals surface area (Å²) in [7, 11) is 1.42. The van der Waals surface area contributed by atoms with Crippen LogP contribution in [-0.4, -0.2) is 36.6 Å². The number of methoxy groups -OCH3 is 1. The Morgan fingerprint density at radius 1 is 1.10 bits per heavy atom. The molecule has 0 aliphatic carbocycles. The first kappa shape index (κ1) is 27.9. The number of aryl methyl sites for hydroxylation is 1. The summed E-state index contributed by atoms with van der Waals surface area (Å²) in [5.41, 5.74) is 2.39. The molecule has 0 atom stereocenters. The van der Waals surface area contributed by atoms with Gasteiger partial charge in [0.25, 0.3) is 17.7 Å². The Morgan fingerprint density at radius 3 is 2.44 bits per heavy atom. The number of hydrogen-bond acceptors (Lipinski definition) is 6. The molecule has 4 rings (SSSR count). The number of thiocarbonyl (C=S) groups is 1. The molecular weight excluding hydrogens is 589 g/mol. The highest BCUT2D eigenvalue weighted by molar-refractivity contribution is 9.10. The third-order valence-corrected chi connectivity index (χ3v) is 6.75. The number of rotatable bonds is 8. The van der Waals surface area contributed by atoms with E-state index in [1.54, 1.807) is 24.3 Å². The number of halogens is 2. The lowest BCUT2D eigenvalue weighted by molar-refractivity contribution is -0.122. The summed E-state index contributed by atoms with van der Waals surface area (Å²) < 4.78 is 24.6. The molecule has 0 saturated carbocycles. The molecule has 0 spiro atoms. The van der Waals surface area contributed by atoms with Crippen molar-refractivity contribution in [3.63, 3.8) is 0 Å². The van der Waals surface area contributed by atoms with Gasteiger partial charge in [-0.05, 0) is 84.4 Å². The Morgan fingerprint density at radius 2 is 1.79 bits per heavy atom. The number of carbonyl (C=O) groups excluding carboxylic acids is 3. The number of nitrogens with zero attached hydrogens (tertiary/aromatic N) is 1. The summed E-state index contributed by atoms with van der Waals surface area (Å²) in [6.45, 7) is 1.68. The van der Waals surface area contributed by atoms with Gasteiger partial charge in [-0.3, -0.25) is 24.6 Å². The van der Waals surface area contributed by atoms with Gasteiger partial charge in [-0.2, -0.15) is 0 Å². The first-order chi connectivity index (χ1) is 18.7. The summed E-state index contributed by atoms with van der Waals surface area (Å²) in [4.78, 5) is 39.6. The van der Waals surface area contributed by atoms with E-state index in [1.807, 2.05) is 19.1 Å². The molecule has 200 valence electrons. The molecule has 1 aliphatic rings. The Labute approximate surface area is 237 Å². The van der Waals surface area contributed by atoms with Crippen molar-refractivity contribution in [2.24, 2.45) is 0 Å². The van der Waals surface area contributed by atoms with Crippen LogP contribution in [0.3, 0.4) is 0 Å². The lowest BCUT2D eigenvalue weighted by atomic mass is 10.1. The smallest absolute Gasteiger partial charge is 0.270 e. The summed E-state index contributed by atoms with van der Waals surface area (Å²) in [6.07, 6.45) is 2.26. The maximum atomic E-state index is 13.4. The van der Waals surface area contributed by atoms with Gasteiger partial charge in [0.1, 0.15) is 11.4 Å². The fraction of sp³-hybridized carbons (Fsp3) is 0.143. The zero-order valence-corrected chi connectivity index (χ0v) is 23.3. The van der Waals surface area contributed by atoms with Gasteiger partial charge in [-0.15, -0.1) is 0 Å². The first-order valence-electron chi connectivity index (χ1n) is 11.8. The number of ether oxygens (including phenoxy) is 2. The van der Waals surface area contributed by atoms with Crippen LogP contribution in [-0.2, 0) is 20.8 Å². The van der Waals surface area contributed by atoms with Gasteiger partial charge in [0.05, 0.1) is 12.8 Å². The van der Waals surface area contributed by atoms with E-state index >= 15 is 0 Å². The van der Waals surface area contributed by atoms with Crippen LogP contribution in [0.1, 0.15) is 18.1 Å². The molecule has 0 bridgehead atoms. The van der Waals surface area contributed by atoms with E-state index in [9.17, 15) is 18.8 Å². The molecule has 0 aromatic heterocycles. The van der Waals surface area contributed by atoms with E-state index in [0.717, 1.165) is 12.0 Å². The summed E-state index contributed by atoms with van der Waals surface area (Å²) >= 11 is 8.71. The molecule has 2 N–H and O–H groups in total. The van der Waals surface area contributed by atoms with Gasteiger partial charge in [0.2, 0.25) is 0 Å². The maximum Gasteiger partial charge on any atom is 0.270 e. The highest BCUT2D eigenvalue weighted by Gasteiger charge is 2.34. The van der Waals surface area contributed by atoms with Crippen molar-refractivity contribution in [1.82, 2.24) is 5.32 Å². The van der Waals surface area contributed by atoms with E-state index < -0.39 is 23.5 Å². The van der Waals surface area contributed by atoms with E-state index in [1.165, 1.54) is 42.4 Å². The van der Waals surface area contributed by atoms with E-state index in [2.05, 4.69) is 26.6 Å². The fourth-order valence-corrected chi connectivity index (χ4v) is 4.45. The van der Waals surface area contributed by atoms with Gasteiger partial charge >= 0.3 is 0 Å². The van der Waals surface area contributed by atoms with Crippen LogP contribution < -0.4 is 25.0 Å². The standard InChI is InChI=1S/C28H23BrFN3O5S/c1-3-16-4-10-20(11-5-16)33-27(36)21(26(35)32-28(33)39)12-17-13-23(37-2)24(14-22(17)29)38-15-25(34)31-19-8-6-18(30)7-9-19/h4-14H,3,15H2,1-2H3,(H,31,34)(H,32,35,39)/b21-12+. The quantitative estimate of drug-likeness (QED) is 0.211. The number of benzene rings is 3. The molecule has 0 radical (unpaired) electrons. The largest absolute Gasteiger partial charge is 0.493 e. The number of hydrogen-bond donors (Lipinski definition) is 2. The second-order valence-electron chi connectivity index (χ2n) is 8.35. The van der Waals surface area contributed by atoms with Crippen molar-refractivity contribution >= 4 is 68.4 Å². The van der Waals surface area contributed by atoms with Crippen LogP contribution in [0.5, 0.6) is 11.5 Å². The molecular formula is C28H23BrFN3O5S. The molecule has 1 fully saturated rings. The summed E-state index contributed by atoms with van der Waals surface area (Å²) in [5, 5.41) is 5.16. The minimum Gasteiger partial charge on any atom is -0.493 e. The predicted octanol–water partition coefficient (Wildman–Crippen LogP) is 5.01. The molecule has 1 heterocycles.